The molecule has 0 radical (unpaired) electrons. The number of nitrogens with one attached hydrogen (secondary N) is 1. The van der Waals surface area contributed by atoms with E-state index in [0.29, 0.717) is 11.7 Å². The van der Waals surface area contributed by atoms with E-state index >= 15 is 0 Å². The van der Waals surface area contributed by atoms with Crippen LogP contribution in [0.4, 0.5) is 5.69 Å². The van der Waals surface area contributed by atoms with Crippen molar-refractivity contribution in [3.05, 3.63) is 57.5 Å². The minimum absolute atomic E-state index is 0.206. The summed E-state index contributed by atoms with van der Waals surface area (Å²) in [4.78, 5) is 14.4. The predicted molar refractivity (Wildman–Crippen MR) is 97.5 cm³/mol. The third-order valence-corrected chi connectivity index (χ3v) is 4.95. The summed E-state index contributed by atoms with van der Waals surface area (Å²) in [5.41, 5.74) is 1.68. The molecule has 1 fully saturated rings. The standard InChI is InChI=1S/C18H23ClN4O/c1-22-18(24)17(19)16(12-21-22)20-11-15-9-5-6-10-23(15)13-14-7-3-2-4-8-14/h2-4,7-8,12,15,20H,5-6,9-11,13H2,1H3. The number of anilines is 1. The van der Waals surface area contributed by atoms with E-state index in [-0.39, 0.29) is 10.6 Å². The lowest BCUT2D eigenvalue weighted by Gasteiger charge is -2.36. The first kappa shape index (κ1) is 17.0. The summed E-state index contributed by atoms with van der Waals surface area (Å²) in [5.74, 6) is 0. The summed E-state index contributed by atoms with van der Waals surface area (Å²) in [7, 11) is 1.60. The van der Waals surface area contributed by atoms with Gasteiger partial charge in [0.25, 0.3) is 5.56 Å². The summed E-state index contributed by atoms with van der Waals surface area (Å²) in [6.07, 6.45) is 5.24. The van der Waals surface area contributed by atoms with Crippen LogP contribution in [0.25, 0.3) is 0 Å². The fraction of sp³-hybridized carbons (Fsp3) is 0.444. The van der Waals surface area contributed by atoms with E-state index in [1.807, 2.05) is 6.07 Å². The second-order valence-corrected chi connectivity index (χ2v) is 6.67. The third kappa shape index (κ3) is 3.97. The minimum Gasteiger partial charge on any atom is -0.381 e. The van der Waals surface area contributed by atoms with Crippen LogP contribution in [-0.4, -0.2) is 33.8 Å². The summed E-state index contributed by atoms with van der Waals surface area (Å²) >= 11 is 6.13. The smallest absolute Gasteiger partial charge is 0.287 e. The average molecular weight is 347 g/mol. The van der Waals surface area contributed by atoms with Crippen LogP contribution in [0.5, 0.6) is 0 Å². The van der Waals surface area contributed by atoms with Gasteiger partial charge in [-0.05, 0) is 24.9 Å². The number of hydrogen-bond donors (Lipinski definition) is 1. The molecule has 0 bridgehead atoms. The van der Waals surface area contributed by atoms with Crippen molar-refractivity contribution in [1.82, 2.24) is 14.7 Å². The Morgan fingerprint density at radius 3 is 2.88 bits per heavy atom. The molecule has 5 nitrogen and oxygen atoms in total. The number of piperidine rings is 1. The Bertz CT molecular complexity index is 732. The van der Waals surface area contributed by atoms with Gasteiger partial charge in [0, 0.05) is 26.2 Å². The molecule has 1 atom stereocenters. The monoisotopic (exact) mass is 346 g/mol. The maximum Gasteiger partial charge on any atom is 0.287 e. The molecule has 0 saturated carbocycles. The van der Waals surface area contributed by atoms with Crippen LogP contribution in [0, 0.1) is 0 Å². The van der Waals surface area contributed by atoms with Crippen LogP contribution in [0.3, 0.4) is 0 Å². The van der Waals surface area contributed by atoms with E-state index in [1.165, 1.54) is 23.1 Å². The molecule has 128 valence electrons. The lowest BCUT2D eigenvalue weighted by molar-refractivity contribution is 0.148. The molecule has 1 aliphatic rings. The first-order valence-electron chi connectivity index (χ1n) is 8.39. The Morgan fingerprint density at radius 2 is 2.08 bits per heavy atom. The molecule has 1 N–H and O–H groups in total. The Kier molecular flexibility index (Phi) is 5.53. The van der Waals surface area contributed by atoms with Crippen molar-refractivity contribution in [1.29, 1.82) is 0 Å². The highest BCUT2D eigenvalue weighted by atomic mass is 35.5. The molecule has 1 aromatic heterocycles. The van der Waals surface area contributed by atoms with Crippen LogP contribution in [0.15, 0.2) is 41.3 Å². The zero-order valence-electron chi connectivity index (χ0n) is 13.9. The van der Waals surface area contributed by atoms with Crippen molar-refractivity contribution in [2.45, 2.75) is 31.8 Å². The van der Waals surface area contributed by atoms with Crippen molar-refractivity contribution >= 4 is 17.3 Å². The highest BCUT2D eigenvalue weighted by Crippen LogP contribution is 2.21. The molecule has 2 heterocycles. The van der Waals surface area contributed by atoms with Gasteiger partial charge in [-0.1, -0.05) is 48.4 Å². The number of nitrogens with zero attached hydrogens (tertiary/aromatic N) is 3. The van der Waals surface area contributed by atoms with Gasteiger partial charge < -0.3 is 5.32 Å². The highest BCUT2D eigenvalue weighted by Gasteiger charge is 2.22. The molecule has 1 aromatic carbocycles. The van der Waals surface area contributed by atoms with E-state index in [9.17, 15) is 4.79 Å². The van der Waals surface area contributed by atoms with Crippen LogP contribution in [0.2, 0.25) is 5.02 Å². The second kappa shape index (κ2) is 7.81. The SMILES string of the molecule is Cn1ncc(NCC2CCCCN2Cc2ccccc2)c(Cl)c1=O. The molecular formula is C18H23ClN4O. The zero-order chi connectivity index (χ0) is 16.9. The van der Waals surface area contributed by atoms with Crippen molar-refractivity contribution in [2.75, 3.05) is 18.4 Å². The Labute approximate surface area is 147 Å². The lowest BCUT2D eigenvalue weighted by Crippen LogP contribution is -2.43. The van der Waals surface area contributed by atoms with E-state index in [0.717, 1.165) is 26.1 Å². The van der Waals surface area contributed by atoms with Gasteiger partial charge in [0.05, 0.1) is 11.9 Å². The predicted octanol–water partition coefficient (Wildman–Crippen LogP) is 2.90. The summed E-state index contributed by atoms with van der Waals surface area (Å²) in [6.45, 7) is 2.82. The lowest BCUT2D eigenvalue weighted by atomic mass is 10.0. The molecule has 24 heavy (non-hydrogen) atoms. The van der Waals surface area contributed by atoms with Gasteiger partial charge in [-0.2, -0.15) is 5.10 Å². The maximum atomic E-state index is 11.9. The number of aryl methyl sites for hydroxylation is 1. The van der Waals surface area contributed by atoms with Gasteiger partial charge >= 0.3 is 0 Å². The van der Waals surface area contributed by atoms with E-state index < -0.39 is 0 Å². The number of halogens is 1. The molecule has 0 aliphatic carbocycles. The Morgan fingerprint density at radius 1 is 1.29 bits per heavy atom. The number of hydrogen-bond acceptors (Lipinski definition) is 4. The summed E-state index contributed by atoms with van der Waals surface area (Å²) in [5, 5.41) is 7.56. The topological polar surface area (TPSA) is 50.2 Å². The van der Waals surface area contributed by atoms with Crippen molar-refractivity contribution in [3.63, 3.8) is 0 Å². The van der Waals surface area contributed by atoms with Crippen LogP contribution in [-0.2, 0) is 13.6 Å². The average Bonchev–Trinajstić information content (AvgIpc) is 2.61. The number of likely N-dealkylation sites (tertiary alicyclic amines) is 1. The molecule has 0 amide bonds. The quantitative estimate of drug-likeness (QED) is 0.904. The van der Waals surface area contributed by atoms with Gasteiger partial charge in [-0.25, -0.2) is 4.68 Å². The van der Waals surface area contributed by atoms with Crippen LogP contribution >= 0.6 is 11.6 Å². The largest absolute Gasteiger partial charge is 0.381 e. The first-order valence-corrected chi connectivity index (χ1v) is 8.76. The zero-order valence-corrected chi connectivity index (χ0v) is 14.7. The van der Waals surface area contributed by atoms with Crippen molar-refractivity contribution in [3.8, 4) is 0 Å². The maximum absolute atomic E-state index is 11.9. The van der Waals surface area contributed by atoms with Crippen LogP contribution < -0.4 is 10.9 Å². The molecular weight excluding hydrogens is 324 g/mol. The number of aromatic nitrogens is 2. The normalized spacial score (nSPS) is 18.5. The highest BCUT2D eigenvalue weighted by molar-refractivity contribution is 6.32. The molecule has 1 unspecified atom stereocenters. The van der Waals surface area contributed by atoms with E-state index in [2.05, 4.69) is 39.6 Å². The third-order valence-electron chi connectivity index (χ3n) is 4.58. The molecule has 3 rings (SSSR count). The minimum atomic E-state index is -0.272. The fourth-order valence-electron chi connectivity index (χ4n) is 3.18. The van der Waals surface area contributed by atoms with Gasteiger partial charge in [0.2, 0.25) is 0 Å². The molecule has 1 aliphatic heterocycles. The van der Waals surface area contributed by atoms with E-state index in [4.69, 9.17) is 11.6 Å². The van der Waals surface area contributed by atoms with Crippen molar-refractivity contribution in [2.24, 2.45) is 7.05 Å². The van der Waals surface area contributed by atoms with Gasteiger partial charge in [0.15, 0.2) is 0 Å². The van der Waals surface area contributed by atoms with E-state index in [1.54, 1.807) is 13.2 Å². The molecule has 2 aromatic rings. The number of rotatable bonds is 5. The number of benzene rings is 1. The fourth-order valence-corrected chi connectivity index (χ4v) is 3.42. The van der Waals surface area contributed by atoms with Gasteiger partial charge in [-0.3, -0.25) is 9.69 Å². The molecule has 1 saturated heterocycles. The summed E-state index contributed by atoms with van der Waals surface area (Å²) < 4.78 is 1.25. The Hall–Kier alpha value is -1.85. The first-order chi connectivity index (χ1) is 11.6. The van der Waals surface area contributed by atoms with Crippen molar-refractivity contribution < 1.29 is 0 Å². The molecule has 0 spiro atoms. The Balaban J connectivity index is 1.66. The van der Waals surface area contributed by atoms with Gasteiger partial charge in [0.1, 0.15) is 5.02 Å². The summed E-state index contributed by atoms with van der Waals surface area (Å²) in [6, 6.07) is 11.0. The van der Waals surface area contributed by atoms with Crippen LogP contribution in [0.1, 0.15) is 24.8 Å². The molecule has 6 heteroatoms. The second-order valence-electron chi connectivity index (χ2n) is 6.29. The van der Waals surface area contributed by atoms with Gasteiger partial charge in [-0.15, -0.1) is 0 Å².